The first-order valence-electron chi connectivity index (χ1n) is 12.7. The zero-order valence-corrected chi connectivity index (χ0v) is 23.1. The van der Waals surface area contributed by atoms with E-state index in [1.807, 2.05) is 0 Å². The summed E-state index contributed by atoms with van der Waals surface area (Å²) in [5.74, 6) is -1.54. The Hall–Kier alpha value is -5.21. The highest BCUT2D eigenvalue weighted by atomic mass is 32.2. The van der Waals surface area contributed by atoms with Gasteiger partial charge in [0.15, 0.2) is 17.7 Å². The van der Waals surface area contributed by atoms with Crippen molar-refractivity contribution in [3.05, 3.63) is 66.6 Å². The van der Waals surface area contributed by atoms with Gasteiger partial charge in [0, 0.05) is 5.56 Å². The van der Waals surface area contributed by atoms with Gasteiger partial charge in [-0.3, -0.25) is 13.5 Å². The van der Waals surface area contributed by atoms with Crippen LogP contribution in [0.25, 0.3) is 28.4 Å². The van der Waals surface area contributed by atoms with Crippen molar-refractivity contribution < 1.29 is 42.6 Å². The molecule has 0 aliphatic carbocycles. The van der Waals surface area contributed by atoms with Crippen LogP contribution in [0.2, 0.25) is 0 Å². The molecule has 1 amide bonds. The zero-order valence-electron chi connectivity index (χ0n) is 22.2. The van der Waals surface area contributed by atoms with Gasteiger partial charge < -0.3 is 30.9 Å². The minimum atomic E-state index is -4.71. The smallest absolute Gasteiger partial charge is 0.362 e. The molecule has 44 heavy (non-hydrogen) atoms. The molecule has 228 valence electrons. The monoisotopic (exact) mass is 625 g/mol. The van der Waals surface area contributed by atoms with Crippen molar-refractivity contribution in [3.63, 3.8) is 0 Å². The van der Waals surface area contributed by atoms with E-state index in [1.54, 1.807) is 16.9 Å². The number of aliphatic hydroxyl groups excluding tert-OH is 2. The van der Waals surface area contributed by atoms with E-state index in [0.29, 0.717) is 11.3 Å². The number of carbonyl (C=O) groups is 1. The number of ether oxygens (including phenoxy) is 1. The number of carbonyl (C=O) groups excluding carboxylic acids is 1. The van der Waals surface area contributed by atoms with Crippen LogP contribution in [0.3, 0.4) is 0 Å². The number of nitrogen functional groups attached to an aromatic ring is 1. The normalized spacial score (nSPS) is 20.2. The molecule has 6 rings (SSSR count). The average molecular weight is 626 g/mol. The third-order valence-corrected chi connectivity index (χ3v) is 7.54. The lowest BCUT2D eigenvalue weighted by molar-refractivity contribution is -0.0468. The second-order valence-corrected chi connectivity index (χ2v) is 10.9. The van der Waals surface area contributed by atoms with E-state index in [2.05, 4.69) is 25.3 Å². The van der Waals surface area contributed by atoms with Crippen molar-refractivity contribution in [2.45, 2.75) is 24.5 Å². The summed E-state index contributed by atoms with van der Waals surface area (Å²) in [6.07, 6.45) is -3.12. The van der Waals surface area contributed by atoms with Crippen molar-refractivity contribution in [3.8, 4) is 28.7 Å². The molecule has 2 aromatic carbocycles. The zero-order chi connectivity index (χ0) is 31.2. The van der Waals surface area contributed by atoms with Gasteiger partial charge in [-0.25, -0.2) is 9.71 Å². The fourth-order valence-corrected chi connectivity index (χ4v) is 5.17. The molecule has 5 aromatic rings. The van der Waals surface area contributed by atoms with Crippen LogP contribution in [0, 0.1) is 0 Å². The van der Waals surface area contributed by atoms with Gasteiger partial charge in [0.2, 0.25) is 0 Å². The van der Waals surface area contributed by atoms with Gasteiger partial charge in [-0.15, -0.1) is 5.10 Å². The van der Waals surface area contributed by atoms with Crippen LogP contribution in [-0.4, -0.2) is 94.2 Å². The molecule has 0 radical (unpaired) electrons. The first kappa shape index (κ1) is 28.9. The molecule has 1 aliphatic rings. The number of fused-ring (bicyclic) bond motifs is 1. The molecule has 3 aromatic heterocycles. The van der Waals surface area contributed by atoms with E-state index in [-0.39, 0.29) is 34.2 Å². The molecule has 1 saturated heterocycles. The van der Waals surface area contributed by atoms with Crippen LogP contribution >= 0.6 is 0 Å². The van der Waals surface area contributed by atoms with E-state index >= 15 is 0 Å². The van der Waals surface area contributed by atoms with Gasteiger partial charge in [0.05, 0.1) is 24.7 Å². The summed E-state index contributed by atoms with van der Waals surface area (Å²) in [7, 11) is -4.71. The number of phenols is 2. The molecular weight excluding hydrogens is 602 g/mol. The summed E-state index contributed by atoms with van der Waals surface area (Å²) < 4.78 is 39.5. The summed E-state index contributed by atoms with van der Waals surface area (Å²) in [4.78, 5) is 25.1. The minimum Gasteiger partial charge on any atom is -0.508 e. The maximum absolute atomic E-state index is 12.4. The number of para-hydroxylation sites is 1. The molecule has 18 nitrogen and oxygen atoms in total. The molecule has 0 bridgehead atoms. The lowest BCUT2D eigenvalue weighted by Crippen LogP contribution is -2.37. The van der Waals surface area contributed by atoms with Crippen molar-refractivity contribution >= 4 is 33.2 Å². The number of imidazole rings is 1. The summed E-state index contributed by atoms with van der Waals surface area (Å²) in [5.41, 5.74) is 7.16. The van der Waals surface area contributed by atoms with Gasteiger partial charge in [-0.1, -0.05) is 17.3 Å². The number of rotatable bonds is 8. The number of anilines is 1. The number of aromatic nitrogens is 7. The number of nitrogens with one attached hydrogen (secondary N) is 1. The van der Waals surface area contributed by atoms with Crippen molar-refractivity contribution in [2.75, 3.05) is 12.3 Å². The topological polar surface area (TPSA) is 263 Å². The molecule has 19 heteroatoms. The molecule has 1 aliphatic heterocycles. The second kappa shape index (κ2) is 11.1. The van der Waals surface area contributed by atoms with Crippen molar-refractivity contribution in [1.29, 1.82) is 0 Å². The van der Waals surface area contributed by atoms with Crippen LogP contribution in [-0.2, 0) is 19.2 Å². The number of aliphatic hydroxyl groups is 2. The molecule has 0 saturated carbocycles. The largest absolute Gasteiger partial charge is 0.508 e. The third kappa shape index (κ3) is 5.47. The summed E-state index contributed by atoms with van der Waals surface area (Å²) in [6.45, 7) is -0.786. The molecular formula is C25H23N9O9S. The number of phenolic OH excluding ortho intramolecular Hbond substituents is 2. The second-order valence-electron chi connectivity index (χ2n) is 9.56. The maximum atomic E-state index is 12.4. The molecule has 7 N–H and O–H groups in total. The highest BCUT2D eigenvalue weighted by Gasteiger charge is 2.45. The molecule has 1 fully saturated rings. The Morgan fingerprint density at radius 3 is 2.57 bits per heavy atom. The summed E-state index contributed by atoms with van der Waals surface area (Å²) >= 11 is 0. The number of amides is 1. The standard InChI is InChI=1S/C25H23N9O9S/c26-21-18-22(29-25(28-21)34-9-15(30-32-34)12-5-7-13(35)8-6-12)33(11-27-18)24-20(38)19(37)17(43-24)10-42-44(40,41)31-23(39)14-3-1-2-4-16(14)36/h1-9,11,17,19-20,24,35-38H,10H2,(H,31,39)(H2,26,28,29)/t17-,19-,20-,24-/m0/s1. The quantitative estimate of drug-likeness (QED) is 0.125. The number of hydrogen-bond donors (Lipinski definition) is 6. The Labute approximate surface area is 247 Å². The van der Waals surface area contributed by atoms with Crippen LogP contribution in [0.15, 0.2) is 61.1 Å². The minimum absolute atomic E-state index is 0.00603. The predicted octanol–water partition coefficient (Wildman–Crippen LogP) is -0.622. The van der Waals surface area contributed by atoms with Gasteiger partial charge >= 0.3 is 10.3 Å². The number of nitrogens with zero attached hydrogens (tertiary/aromatic N) is 7. The fraction of sp³-hybridized carbons (Fsp3) is 0.200. The van der Waals surface area contributed by atoms with Crippen molar-refractivity contribution in [1.82, 2.24) is 39.2 Å². The highest BCUT2D eigenvalue weighted by molar-refractivity contribution is 7.85. The molecule has 0 spiro atoms. The third-order valence-electron chi connectivity index (χ3n) is 6.66. The Kier molecular flexibility index (Phi) is 7.31. The lowest BCUT2D eigenvalue weighted by Gasteiger charge is -2.16. The van der Waals surface area contributed by atoms with E-state index in [0.717, 1.165) is 0 Å². The Morgan fingerprint density at radius 1 is 1.07 bits per heavy atom. The number of nitrogens with two attached hydrogens (primary N) is 1. The van der Waals surface area contributed by atoms with Crippen LogP contribution in [0.4, 0.5) is 5.82 Å². The number of hydrogen-bond acceptors (Lipinski definition) is 15. The molecule has 0 unspecified atom stereocenters. The van der Waals surface area contributed by atoms with Crippen LogP contribution in [0.5, 0.6) is 11.5 Å². The predicted molar refractivity (Wildman–Crippen MR) is 148 cm³/mol. The Morgan fingerprint density at radius 2 is 1.82 bits per heavy atom. The Balaban J connectivity index is 1.20. The van der Waals surface area contributed by atoms with Gasteiger partial charge in [-0.05, 0) is 36.4 Å². The lowest BCUT2D eigenvalue weighted by atomic mass is 10.1. The molecule has 4 atom stereocenters. The van der Waals surface area contributed by atoms with E-state index < -0.39 is 53.1 Å². The van der Waals surface area contributed by atoms with E-state index in [9.17, 15) is 33.6 Å². The summed E-state index contributed by atoms with van der Waals surface area (Å²) in [6, 6.07) is 11.6. The van der Waals surface area contributed by atoms with Crippen LogP contribution in [0.1, 0.15) is 16.6 Å². The van der Waals surface area contributed by atoms with Crippen molar-refractivity contribution in [2.24, 2.45) is 0 Å². The van der Waals surface area contributed by atoms with E-state index in [4.69, 9.17) is 14.7 Å². The van der Waals surface area contributed by atoms with Gasteiger partial charge in [0.25, 0.3) is 11.9 Å². The summed E-state index contributed by atoms with van der Waals surface area (Å²) in [5, 5.41) is 48.8. The fourth-order valence-electron chi connectivity index (χ4n) is 4.46. The Bertz CT molecular complexity index is 1960. The number of benzene rings is 2. The number of aromatic hydroxyl groups is 2. The van der Waals surface area contributed by atoms with Gasteiger partial charge in [0.1, 0.15) is 41.0 Å². The highest BCUT2D eigenvalue weighted by Crippen LogP contribution is 2.33. The van der Waals surface area contributed by atoms with Crippen LogP contribution < -0.4 is 10.5 Å². The van der Waals surface area contributed by atoms with Gasteiger partial charge in [-0.2, -0.15) is 23.1 Å². The average Bonchev–Trinajstić information content (AvgIpc) is 3.71. The van der Waals surface area contributed by atoms with E-state index in [1.165, 1.54) is 58.2 Å². The SMILES string of the molecule is Nc1nc(-n2cc(-c3ccc(O)cc3)nn2)nc2c1ncn2[C@H]1O[C@@H](COS(=O)(=O)NC(=O)c2ccccc2O)[C@H](O)[C@@H]1O. The molecule has 4 heterocycles. The maximum Gasteiger partial charge on any atom is 0.362 e. The first-order valence-corrected chi connectivity index (χ1v) is 14.1. The first-order chi connectivity index (χ1) is 21.0.